The van der Waals surface area contributed by atoms with Crippen LogP contribution in [-0.2, 0) is 0 Å². The van der Waals surface area contributed by atoms with E-state index >= 15 is 0 Å². The molecule has 0 aromatic rings. The molecule has 3 heteroatoms. The molecule has 0 saturated carbocycles. The average molecular weight is 239 g/mol. The first kappa shape index (κ1) is 13.3. The zero-order chi connectivity index (χ0) is 12.5. The molecule has 2 atom stereocenters. The summed E-state index contributed by atoms with van der Waals surface area (Å²) in [6.07, 6.45) is 3.86. The Morgan fingerprint density at radius 3 is 2.29 bits per heavy atom. The van der Waals surface area contributed by atoms with Gasteiger partial charge in [-0.05, 0) is 51.7 Å². The van der Waals surface area contributed by atoms with Crippen molar-refractivity contribution in [3.63, 3.8) is 0 Å². The Morgan fingerprint density at radius 1 is 1.24 bits per heavy atom. The van der Waals surface area contributed by atoms with Crippen molar-refractivity contribution in [1.29, 1.82) is 0 Å². The highest BCUT2D eigenvalue weighted by molar-refractivity contribution is 5.00. The molecule has 2 N–H and O–H groups in total. The first-order chi connectivity index (χ1) is 8.11. The van der Waals surface area contributed by atoms with Crippen molar-refractivity contribution < 1.29 is 0 Å². The lowest BCUT2D eigenvalue weighted by atomic mass is 9.85. The second-order valence-electron chi connectivity index (χ2n) is 6.20. The van der Waals surface area contributed by atoms with Crippen molar-refractivity contribution in [3.05, 3.63) is 0 Å². The number of hydrogen-bond acceptors (Lipinski definition) is 3. The minimum Gasteiger partial charge on any atom is -0.329 e. The Labute approximate surface area is 106 Å². The fourth-order valence-electron chi connectivity index (χ4n) is 3.86. The fourth-order valence-corrected chi connectivity index (χ4v) is 3.86. The zero-order valence-electron chi connectivity index (χ0n) is 11.8. The van der Waals surface area contributed by atoms with Crippen molar-refractivity contribution in [1.82, 2.24) is 9.80 Å². The third-order valence-corrected chi connectivity index (χ3v) is 5.01. The Morgan fingerprint density at radius 2 is 1.88 bits per heavy atom. The molecule has 0 aliphatic carbocycles. The summed E-state index contributed by atoms with van der Waals surface area (Å²) in [7, 11) is 0. The number of likely N-dealkylation sites (tertiary alicyclic amines) is 2. The minimum absolute atomic E-state index is 0.301. The van der Waals surface area contributed by atoms with E-state index in [1.807, 2.05) is 0 Å². The lowest BCUT2D eigenvalue weighted by Crippen LogP contribution is -2.60. The van der Waals surface area contributed by atoms with Crippen LogP contribution < -0.4 is 5.73 Å². The number of rotatable bonds is 3. The third kappa shape index (κ3) is 2.51. The van der Waals surface area contributed by atoms with Crippen LogP contribution >= 0.6 is 0 Å². The smallest absolute Gasteiger partial charge is 0.0358 e. The van der Waals surface area contributed by atoms with Crippen molar-refractivity contribution in [2.45, 2.75) is 51.6 Å². The van der Waals surface area contributed by atoms with Crippen molar-refractivity contribution >= 4 is 0 Å². The van der Waals surface area contributed by atoms with E-state index in [4.69, 9.17) is 5.73 Å². The van der Waals surface area contributed by atoms with Gasteiger partial charge in [-0.2, -0.15) is 0 Å². The first-order valence-electron chi connectivity index (χ1n) is 7.30. The summed E-state index contributed by atoms with van der Waals surface area (Å²) < 4.78 is 0. The van der Waals surface area contributed by atoms with Crippen molar-refractivity contribution in [2.24, 2.45) is 11.7 Å². The maximum Gasteiger partial charge on any atom is 0.0358 e. The van der Waals surface area contributed by atoms with E-state index in [2.05, 4.69) is 30.6 Å². The van der Waals surface area contributed by atoms with Crippen LogP contribution in [0.25, 0.3) is 0 Å². The van der Waals surface area contributed by atoms with Gasteiger partial charge in [-0.25, -0.2) is 0 Å². The van der Waals surface area contributed by atoms with Gasteiger partial charge in [0.2, 0.25) is 0 Å². The van der Waals surface area contributed by atoms with Crippen LogP contribution in [0.2, 0.25) is 0 Å². The lowest BCUT2D eigenvalue weighted by Gasteiger charge is -2.48. The van der Waals surface area contributed by atoms with Gasteiger partial charge in [0, 0.05) is 24.7 Å². The van der Waals surface area contributed by atoms with Crippen LogP contribution in [0.1, 0.15) is 40.0 Å². The molecule has 0 aromatic carbocycles. The number of nitrogens with two attached hydrogens (primary N) is 1. The summed E-state index contributed by atoms with van der Waals surface area (Å²) in [6, 6.07) is 0.724. The highest BCUT2D eigenvalue weighted by atomic mass is 15.3. The Kier molecular flexibility index (Phi) is 4.11. The molecule has 17 heavy (non-hydrogen) atoms. The highest BCUT2D eigenvalue weighted by Gasteiger charge is 2.43. The van der Waals surface area contributed by atoms with E-state index in [9.17, 15) is 0 Å². The number of hydrogen-bond donors (Lipinski definition) is 1. The molecule has 3 nitrogen and oxygen atoms in total. The molecule has 0 radical (unpaired) electrons. The molecule has 0 amide bonds. The summed E-state index contributed by atoms with van der Waals surface area (Å²) in [4.78, 5) is 5.28. The van der Waals surface area contributed by atoms with Gasteiger partial charge in [0.1, 0.15) is 0 Å². The third-order valence-electron chi connectivity index (χ3n) is 5.01. The molecule has 100 valence electrons. The summed E-state index contributed by atoms with van der Waals surface area (Å²) >= 11 is 0. The van der Waals surface area contributed by atoms with Crippen LogP contribution in [0, 0.1) is 5.92 Å². The standard InChI is InChI=1S/C14H29N3/c1-4-16-7-5-14(11-15,6-8-16)17-10-12(2)9-13(17)3/h12-13H,4-11,15H2,1-3H3. The Bertz CT molecular complexity index is 246. The second kappa shape index (κ2) is 5.25. The highest BCUT2D eigenvalue weighted by Crippen LogP contribution is 2.36. The molecule has 2 unspecified atom stereocenters. The molecule has 2 rings (SSSR count). The quantitative estimate of drug-likeness (QED) is 0.811. The lowest BCUT2D eigenvalue weighted by molar-refractivity contribution is 0.0220. The zero-order valence-corrected chi connectivity index (χ0v) is 11.8. The van der Waals surface area contributed by atoms with Crippen LogP contribution in [0.5, 0.6) is 0 Å². The molecule has 0 spiro atoms. The largest absolute Gasteiger partial charge is 0.329 e. The van der Waals surface area contributed by atoms with Gasteiger partial charge in [-0.1, -0.05) is 13.8 Å². The topological polar surface area (TPSA) is 32.5 Å². The van der Waals surface area contributed by atoms with Crippen LogP contribution in [0.4, 0.5) is 0 Å². The molecule has 2 fully saturated rings. The molecular weight excluding hydrogens is 210 g/mol. The predicted octanol–water partition coefficient (Wildman–Crippen LogP) is 1.53. The van der Waals surface area contributed by atoms with Gasteiger partial charge < -0.3 is 10.6 Å². The first-order valence-corrected chi connectivity index (χ1v) is 7.30. The summed E-state index contributed by atoms with van der Waals surface area (Å²) in [6.45, 7) is 12.8. The van der Waals surface area contributed by atoms with E-state index in [-0.39, 0.29) is 0 Å². The van der Waals surface area contributed by atoms with Gasteiger partial charge >= 0.3 is 0 Å². The second-order valence-corrected chi connectivity index (χ2v) is 6.20. The monoisotopic (exact) mass is 239 g/mol. The molecule has 2 aliphatic rings. The van der Waals surface area contributed by atoms with Crippen LogP contribution in [0.3, 0.4) is 0 Å². The van der Waals surface area contributed by atoms with E-state index in [1.54, 1.807) is 0 Å². The maximum atomic E-state index is 6.15. The molecule has 0 bridgehead atoms. The summed E-state index contributed by atoms with van der Waals surface area (Å²) in [5.74, 6) is 0.845. The van der Waals surface area contributed by atoms with E-state index in [0.29, 0.717) is 5.54 Å². The fraction of sp³-hybridized carbons (Fsp3) is 1.00. The number of nitrogens with zero attached hydrogens (tertiary/aromatic N) is 2. The molecular formula is C14H29N3. The summed E-state index contributed by atoms with van der Waals surface area (Å²) in [5, 5.41) is 0. The van der Waals surface area contributed by atoms with E-state index < -0.39 is 0 Å². The Hall–Kier alpha value is -0.120. The van der Waals surface area contributed by atoms with Crippen LogP contribution in [0.15, 0.2) is 0 Å². The number of piperidine rings is 1. The normalized spacial score (nSPS) is 35.3. The SMILES string of the molecule is CCN1CCC(CN)(N2CC(C)CC2C)CC1. The molecule has 2 heterocycles. The average Bonchev–Trinajstić information content (AvgIpc) is 2.69. The molecule has 2 saturated heterocycles. The predicted molar refractivity (Wildman–Crippen MR) is 73.1 cm³/mol. The van der Waals surface area contributed by atoms with Crippen LogP contribution in [-0.4, -0.2) is 54.1 Å². The summed E-state index contributed by atoms with van der Waals surface area (Å²) in [5.41, 5.74) is 6.45. The van der Waals surface area contributed by atoms with Crippen molar-refractivity contribution in [3.8, 4) is 0 Å². The van der Waals surface area contributed by atoms with E-state index in [1.165, 1.54) is 45.4 Å². The van der Waals surface area contributed by atoms with Gasteiger partial charge in [-0.3, -0.25) is 4.90 Å². The van der Waals surface area contributed by atoms with Gasteiger partial charge in [0.15, 0.2) is 0 Å². The van der Waals surface area contributed by atoms with Gasteiger partial charge in [0.05, 0.1) is 0 Å². The van der Waals surface area contributed by atoms with Crippen molar-refractivity contribution in [2.75, 3.05) is 32.7 Å². The minimum atomic E-state index is 0.301. The van der Waals surface area contributed by atoms with E-state index in [0.717, 1.165) is 18.5 Å². The van der Waals surface area contributed by atoms with Gasteiger partial charge in [0.25, 0.3) is 0 Å². The maximum absolute atomic E-state index is 6.15. The Balaban J connectivity index is 2.05. The van der Waals surface area contributed by atoms with Gasteiger partial charge in [-0.15, -0.1) is 0 Å². The molecule has 0 aromatic heterocycles. The molecule has 2 aliphatic heterocycles.